The van der Waals surface area contributed by atoms with Crippen LogP contribution in [0.4, 0.5) is 10.1 Å². The topological polar surface area (TPSA) is 58.6 Å². The van der Waals surface area contributed by atoms with E-state index in [4.69, 9.17) is 4.74 Å². The number of carbonyl (C=O) groups excluding carboxylic acids is 2. The number of halogens is 1. The predicted octanol–water partition coefficient (Wildman–Crippen LogP) is 2.87. The zero-order valence-corrected chi connectivity index (χ0v) is 14.6. The Morgan fingerprint density at radius 2 is 1.92 bits per heavy atom. The summed E-state index contributed by atoms with van der Waals surface area (Å²) in [5, 5.41) is 2.72. The average molecular weight is 356 g/mol. The molecule has 1 aliphatic rings. The van der Waals surface area contributed by atoms with Crippen molar-refractivity contribution in [1.82, 2.24) is 4.90 Å². The summed E-state index contributed by atoms with van der Waals surface area (Å²) < 4.78 is 19.0. The second-order valence-electron chi connectivity index (χ2n) is 6.32. The fraction of sp³-hybridized carbons (Fsp3) is 0.300. The summed E-state index contributed by atoms with van der Waals surface area (Å²) in [6, 6.07) is 13.0. The number of rotatable bonds is 4. The van der Waals surface area contributed by atoms with Gasteiger partial charge in [-0.2, -0.15) is 0 Å². The van der Waals surface area contributed by atoms with E-state index in [1.807, 2.05) is 6.92 Å². The molecule has 1 unspecified atom stereocenters. The molecule has 1 N–H and O–H groups in total. The summed E-state index contributed by atoms with van der Waals surface area (Å²) in [6.07, 6.45) is -0.0430. The van der Waals surface area contributed by atoms with Gasteiger partial charge in [-0.25, -0.2) is 4.39 Å². The number of hydrogen-bond acceptors (Lipinski definition) is 3. The molecule has 1 aliphatic heterocycles. The van der Waals surface area contributed by atoms with Crippen molar-refractivity contribution in [3.05, 3.63) is 65.5 Å². The number of benzene rings is 2. The van der Waals surface area contributed by atoms with Gasteiger partial charge in [0, 0.05) is 17.8 Å². The largest absolute Gasteiger partial charge is 0.377 e. The van der Waals surface area contributed by atoms with Crippen LogP contribution >= 0.6 is 0 Å². The Hall–Kier alpha value is -2.73. The van der Waals surface area contributed by atoms with E-state index in [-0.39, 0.29) is 24.3 Å². The SMILES string of the molecule is CC1COCCN1C(=O)c1ccc(NC(=O)Cc2ccccc2F)cc1. The van der Waals surface area contributed by atoms with Crippen LogP contribution in [-0.4, -0.2) is 42.5 Å². The highest BCUT2D eigenvalue weighted by Crippen LogP contribution is 2.16. The van der Waals surface area contributed by atoms with Crippen LogP contribution in [0.3, 0.4) is 0 Å². The van der Waals surface area contributed by atoms with Crippen molar-refractivity contribution in [3.63, 3.8) is 0 Å². The van der Waals surface area contributed by atoms with Gasteiger partial charge in [0.1, 0.15) is 5.82 Å². The molecule has 0 aromatic heterocycles. The van der Waals surface area contributed by atoms with Crippen molar-refractivity contribution in [3.8, 4) is 0 Å². The number of amides is 2. The molecule has 0 radical (unpaired) electrons. The number of nitrogens with one attached hydrogen (secondary N) is 1. The van der Waals surface area contributed by atoms with E-state index in [1.165, 1.54) is 6.07 Å². The number of hydrogen-bond donors (Lipinski definition) is 1. The van der Waals surface area contributed by atoms with Crippen LogP contribution in [-0.2, 0) is 16.0 Å². The molecule has 1 atom stereocenters. The molecule has 136 valence electrons. The van der Waals surface area contributed by atoms with Crippen molar-refractivity contribution < 1.29 is 18.7 Å². The van der Waals surface area contributed by atoms with Crippen molar-refractivity contribution in [2.45, 2.75) is 19.4 Å². The maximum absolute atomic E-state index is 13.6. The van der Waals surface area contributed by atoms with E-state index < -0.39 is 5.82 Å². The molecule has 1 saturated heterocycles. The van der Waals surface area contributed by atoms with Gasteiger partial charge in [-0.05, 0) is 42.8 Å². The molecule has 3 rings (SSSR count). The highest BCUT2D eigenvalue weighted by Gasteiger charge is 2.24. The summed E-state index contributed by atoms with van der Waals surface area (Å²) in [4.78, 5) is 26.4. The van der Waals surface area contributed by atoms with E-state index in [0.717, 1.165) is 0 Å². The fourth-order valence-electron chi connectivity index (χ4n) is 2.91. The van der Waals surface area contributed by atoms with Crippen LogP contribution in [0.5, 0.6) is 0 Å². The molecular weight excluding hydrogens is 335 g/mol. The first-order chi connectivity index (χ1) is 12.5. The number of ether oxygens (including phenoxy) is 1. The summed E-state index contributed by atoms with van der Waals surface area (Å²) in [5.74, 6) is -0.760. The normalized spacial score (nSPS) is 17.0. The van der Waals surface area contributed by atoms with Crippen molar-refractivity contribution in [2.75, 3.05) is 25.1 Å². The maximum Gasteiger partial charge on any atom is 0.254 e. The first kappa shape index (κ1) is 18.1. The van der Waals surface area contributed by atoms with Crippen LogP contribution < -0.4 is 5.32 Å². The standard InChI is InChI=1S/C20H21FN2O3/c1-14-13-26-11-10-23(14)20(25)15-6-8-17(9-7-15)22-19(24)12-16-4-2-3-5-18(16)21/h2-9,14H,10-13H2,1H3,(H,22,24). The van der Waals surface area contributed by atoms with Crippen LogP contribution in [0.2, 0.25) is 0 Å². The lowest BCUT2D eigenvalue weighted by Crippen LogP contribution is -2.47. The third-order valence-electron chi connectivity index (χ3n) is 4.35. The Kier molecular flexibility index (Phi) is 5.63. The summed E-state index contributed by atoms with van der Waals surface area (Å²) in [6.45, 7) is 3.60. The summed E-state index contributed by atoms with van der Waals surface area (Å²) in [5.41, 5.74) is 1.47. The summed E-state index contributed by atoms with van der Waals surface area (Å²) >= 11 is 0. The lowest BCUT2D eigenvalue weighted by molar-refractivity contribution is -0.115. The van der Waals surface area contributed by atoms with Gasteiger partial charge >= 0.3 is 0 Å². The van der Waals surface area contributed by atoms with Crippen LogP contribution in [0.1, 0.15) is 22.8 Å². The minimum atomic E-state index is -0.400. The Labute approximate surface area is 151 Å². The van der Waals surface area contributed by atoms with E-state index in [1.54, 1.807) is 47.4 Å². The lowest BCUT2D eigenvalue weighted by atomic mass is 10.1. The minimum Gasteiger partial charge on any atom is -0.377 e. The smallest absolute Gasteiger partial charge is 0.254 e. The molecular formula is C20H21FN2O3. The molecule has 6 heteroatoms. The molecule has 0 spiro atoms. The molecule has 0 bridgehead atoms. The van der Waals surface area contributed by atoms with Gasteiger partial charge in [0.15, 0.2) is 0 Å². The van der Waals surface area contributed by atoms with E-state index in [2.05, 4.69) is 5.32 Å². The third-order valence-corrected chi connectivity index (χ3v) is 4.35. The Morgan fingerprint density at radius 1 is 1.19 bits per heavy atom. The Morgan fingerprint density at radius 3 is 2.62 bits per heavy atom. The average Bonchev–Trinajstić information content (AvgIpc) is 2.64. The van der Waals surface area contributed by atoms with Crippen LogP contribution in [0.15, 0.2) is 48.5 Å². The Balaban J connectivity index is 1.61. The zero-order valence-electron chi connectivity index (χ0n) is 14.6. The highest BCUT2D eigenvalue weighted by molar-refractivity contribution is 5.96. The highest BCUT2D eigenvalue weighted by atomic mass is 19.1. The Bertz CT molecular complexity index is 792. The van der Waals surface area contributed by atoms with Gasteiger partial charge in [-0.3, -0.25) is 9.59 Å². The molecule has 1 fully saturated rings. The quantitative estimate of drug-likeness (QED) is 0.916. The van der Waals surface area contributed by atoms with Gasteiger partial charge < -0.3 is 15.0 Å². The first-order valence-electron chi connectivity index (χ1n) is 8.56. The number of morpholine rings is 1. The summed E-state index contributed by atoms with van der Waals surface area (Å²) in [7, 11) is 0. The molecule has 2 aromatic carbocycles. The van der Waals surface area contributed by atoms with Crippen molar-refractivity contribution >= 4 is 17.5 Å². The molecule has 2 amide bonds. The third kappa shape index (κ3) is 4.26. The van der Waals surface area contributed by atoms with Gasteiger partial charge in [-0.1, -0.05) is 18.2 Å². The van der Waals surface area contributed by atoms with Crippen molar-refractivity contribution in [2.24, 2.45) is 0 Å². The maximum atomic E-state index is 13.6. The molecule has 1 heterocycles. The predicted molar refractivity (Wildman–Crippen MR) is 96.5 cm³/mol. The van der Waals surface area contributed by atoms with Crippen LogP contribution in [0, 0.1) is 5.82 Å². The van der Waals surface area contributed by atoms with E-state index >= 15 is 0 Å². The van der Waals surface area contributed by atoms with E-state index in [0.29, 0.717) is 36.6 Å². The molecule has 5 nitrogen and oxygen atoms in total. The van der Waals surface area contributed by atoms with Gasteiger partial charge in [0.05, 0.1) is 25.7 Å². The second-order valence-corrected chi connectivity index (χ2v) is 6.32. The van der Waals surface area contributed by atoms with E-state index in [9.17, 15) is 14.0 Å². The molecule has 26 heavy (non-hydrogen) atoms. The van der Waals surface area contributed by atoms with Crippen molar-refractivity contribution in [1.29, 1.82) is 0 Å². The van der Waals surface area contributed by atoms with Gasteiger partial charge in [-0.15, -0.1) is 0 Å². The fourth-order valence-corrected chi connectivity index (χ4v) is 2.91. The number of carbonyl (C=O) groups is 2. The minimum absolute atomic E-state index is 0.0383. The molecule has 2 aromatic rings. The lowest BCUT2D eigenvalue weighted by Gasteiger charge is -2.33. The monoisotopic (exact) mass is 356 g/mol. The number of nitrogens with zero attached hydrogens (tertiary/aromatic N) is 1. The zero-order chi connectivity index (χ0) is 18.5. The second kappa shape index (κ2) is 8.10. The van der Waals surface area contributed by atoms with Crippen LogP contribution in [0.25, 0.3) is 0 Å². The molecule has 0 saturated carbocycles. The van der Waals surface area contributed by atoms with Gasteiger partial charge in [0.2, 0.25) is 5.91 Å². The first-order valence-corrected chi connectivity index (χ1v) is 8.56. The number of anilines is 1. The molecule has 0 aliphatic carbocycles. The van der Waals surface area contributed by atoms with Gasteiger partial charge in [0.25, 0.3) is 5.91 Å².